The number of aliphatic imine (C=N–C) groups is 2. The zero-order valence-electron chi connectivity index (χ0n) is 10.2. The van der Waals surface area contributed by atoms with E-state index in [1.165, 1.54) is 12.6 Å². The van der Waals surface area contributed by atoms with E-state index in [1.54, 1.807) is 7.05 Å². The average Bonchev–Trinajstić information content (AvgIpc) is 2.26. The maximum absolute atomic E-state index is 10.7. The molecular weight excluding hydrogens is 206 g/mol. The van der Waals surface area contributed by atoms with Crippen molar-refractivity contribution in [2.45, 2.75) is 6.42 Å². The molecule has 6 nitrogen and oxygen atoms in total. The molecule has 16 heavy (non-hydrogen) atoms. The summed E-state index contributed by atoms with van der Waals surface area (Å²) in [5.41, 5.74) is 0. The van der Waals surface area contributed by atoms with Crippen LogP contribution >= 0.6 is 0 Å². The standard InChI is InChI=1S/C10H21N5O/c1-11-10(16)7-13-9-14-8-12-5-4-6-15(2)3/h7,9,12H,4-6,8H2,1-3H3,(H,11,16)/b13-7+,14-9-. The van der Waals surface area contributed by atoms with Crippen LogP contribution in [0.2, 0.25) is 0 Å². The fourth-order valence-corrected chi connectivity index (χ4v) is 0.917. The summed E-state index contributed by atoms with van der Waals surface area (Å²) in [5, 5.41) is 5.57. The molecule has 0 aromatic rings. The van der Waals surface area contributed by atoms with Crippen LogP contribution in [0, 0.1) is 0 Å². The van der Waals surface area contributed by atoms with Crippen LogP contribution in [0.15, 0.2) is 9.98 Å². The Hall–Kier alpha value is -1.27. The lowest BCUT2D eigenvalue weighted by Crippen LogP contribution is -2.21. The molecule has 0 aliphatic heterocycles. The van der Waals surface area contributed by atoms with Gasteiger partial charge >= 0.3 is 0 Å². The highest BCUT2D eigenvalue weighted by Crippen LogP contribution is 1.80. The van der Waals surface area contributed by atoms with Crippen LogP contribution < -0.4 is 10.6 Å². The number of nitrogens with one attached hydrogen (secondary N) is 2. The summed E-state index contributed by atoms with van der Waals surface area (Å²) in [7, 11) is 5.65. The predicted molar refractivity (Wildman–Crippen MR) is 67.1 cm³/mol. The Morgan fingerprint density at radius 3 is 2.81 bits per heavy atom. The minimum Gasteiger partial charge on any atom is -0.354 e. The third-order valence-corrected chi connectivity index (χ3v) is 1.75. The van der Waals surface area contributed by atoms with E-state index in [9.17, 15) is 4.79 Å². The van der Waals surface area contributed by atoms with Crippen molar-refractivity contribution in [2.24, 2.45) is 9.98 Å². The van der Waals surface area contributed by atoms with E-state index in [0.29, 0.717) is 6.67 Å². The average molecular weight is 227 g/mol. The number of hydrogen-bond donors (Lipinski definition) is 2. The third kappa shape index (κ3) is 10.8. The largest absolute Gasteiger partial charge is 0.354 e. The van der Waals surface area contributed by atoms with Gasteiger partial charge in [-0.2, -0.15) is 0 Å². The molecule has 1 amide bonds. The third-order valence-electron chi connectivity index (χ3n) is 1.75. The van der Waals surface area contributed by atoms with E-state index >= 15 is 0 Å². The summed E-state index contributed by atoms with van der Waals surface area (Å²) in [6.07, 6.45) is 3.65. The second kappa shape index (κ2) is 10.3. The second-order valence-corrected chi connectivity index (χ2v) is 3.51. The lowest BCUT2D eigenvalue weighted by molar-refractivity contribution is -0.113. The van der Waals surface area contributed by atoms with Crippen LogP contribution in [0.25, 0.3) is 0 Å². The second-order valence-electron chi connectivity index (χ2n) is 3.51. The van der Waals surface area contributed by atoms with E-state index in [2.05, 4.69) is 25.5 Å². The number of rotatable bonds is 8. The molecule has 0 atom stereocenters. The van der Waals surface area contributed by atoms with Gasteiger partial charge in [0, 0.05) is 7.05 Å². The van der Waals surface area contributed by atoms with Gasteiger partial charge in [0.25, 0.3) is 5.91 Å². The molecule has 0 aliphatic rings. The van der Waals surface area contributed by atoms with Gasteiger partial charge in [0.05, 0.1) is 12.9 Å². The van der Waals surface area contributed by atoms with Gasteiger partial charge in [0.1, 0.15) is 6.34 Å². The number of amides is 1. The smallest absolute Gasteiger partial charge is 0.262 e. The summed E-state index contributed by atoms with van der Waals surface area (Å²) in [6.45, 7) is 2.51. The van der Waals surface area contributed by atoms with Gasteiger partial charge in [-0.15, -0.1) is 0 Å². The van der Waals surface area contributed by atoms with Crippen LogP contribution in [0.4, 0.5) is 0 Å². The van der Waals surface area contributed by atoms with Gasteiger partial charge in [-0.1, -0.05) is 0 Å². The van der Waals surface area contributed by atoms with Gasteiger partial charge < -0.3 is 10.2 Å². The number of carbonyl (C=O) groups is 1. The first kappa shape index (κ1) is 14.7. The van der Waals surface area contributed by atoms with Crippen molar-refractivity contribution in [3.8, 4) is 0 Å². The van der Waals surface area contributed by atoms with Crippen LogP contribution in [0.1, 0.15) is 6.42 Å². The molecule has 0 aromatic heterocycles. The summed E-state index contributed by atoms with van der Waals surface area (Å²) < 4.78 is 0. The van der Waals surface area contributed by atoms with E-state index in [4.69, 9.17) is 0 Å². The van der Waals surface area contributed by atoms with Gasteiger partial charge in [-0.3, -0.25) is 15.1 Å². The highest BCUT2D eigenvalue weighted by molar-refractivity contribution is 6.27. The molecule has 0 radical (unpaired) electrons. The van der Waals surface area contributed by atoms with E-state index in [0.717, 1.165) is 19.5 Å². The summed E-state index contributed by atoms with van der Waals surface area (Å²) in [6, 6.07) is 0. The molecule has 0 bridgehead atoms. The Morgan fingerprint density at radius 2 is 2.19 bits per heavy atom. The van der Waals surface area contributed by atoms with Crippen molar-refractivity contribution in [2.75, 3.05) is 40.9 Å². The van der Waals surface area contributed by atoms with Crippen molar-refractivity contribution < 1.29 is 4.79 Å². The molecule has 0 aromatic carbocycles. The quantitative estimate of drug-likeness (QED) is 0.328. The van der Waals surface area contributed by atoms with Gasteiger partial charge in [-0.05, 0) is 33.6 Å². The molecule has 0 spiro atoms. The Morgan fingerprint density at radius 1 is 1.44 bits per heavy atom. The fourth-order valence-electron chi connectivity index (χ4n) is 0.917. The molecule has 0 heterocycles. The van der Waals surface area contributed by atoms with Crippen molar-refractivity contribution in [3.05, 3.63) is 0 Å². The van der Waals surface area contributed by atoms with Crippen molar-refractivity contribution in [3.63, 3.8) is 0 Å². The van der Waals surface area contributed by atoms with Gasteiger partial charge in [0.2, 0.25) is 0 Å². The molecule has 0 fully saturated rings. The number of carbonyl (C=O) groups excluding carboxylic acids is 1. The fraction of sp³-hybridized carbons (Fsp3) is 0.700. The van der Waals surface area contributed by atoms with Crippen molar-refractivity contribution >= 4 is 18.5 Å². The Labute approximate surface area is 96.8 Å². The molecule has 6 heteroatoms. The first-order valence-corrected chi connectivity index (χ1v) is 5.25. The number of nitrogens with zero attached hydrogens (tertiary/aromatic N) is 3. The molecule has 92 valence electrons. The Bertz CT molecular complexity index is 237. The monoisotopic (exact) mass is 227 g/mol. The summed E-state index contributed by atoms with van der Waals surface area (Å²) >= 11 is 0. The van der Waals surface area contributed by atoms with E-state index < -0.39 is 0 Å². The molecule has 0 rings (SSSR count). The van der Waals surface area contributed by atoms with Crippen molar-refractivity contribution in [1.29, 1.82) is 0 Å². The predicted octanol–water partition coefficient (Wildman–Crippen LogP) is -0.670. The van der Waals surface area contributed by atoms with Gasteiger partial charge in [0.15, 0.2) is 0 Å². The number of hydrogen-bond acceptors (Lipinski definition) is 4. The SMILES string of the molecule is CNC(=O)/C=N/C=N\CNCCCN(C)C. The van der Waals surface area contributed by atoms with Crippen LogP contribution in [0.5, 0.6) is 0 Å². The molecule has 0 saturated heterocycles. The first-order chi connectivity index (χ1) is 7.66. The first-order valence-electron chi connectivity index (χ1n) is 5.25. The molecule has 0 unspecified atom stereocenters. The van der Waals surface area contributed by atoms with Crippen LogP contribution in [-0.2, 0) is 4.79 Å². The Balaban J connectivity index is 3.34. The lowest BCUT2D eigenvalue weighted by Gasteiger charge is -2.08. The zero-order chi connectivity index (χ0) is 12.2. The highest BCUT2D eigenvalue weighted by atomic mass is 16.1. The molecular formula is C10H21N5O. The van der Waals surface area contributed by atoms with Gasteiger partial charge in [-0.25, -0.2) is 4.99 Å². The Kier molecular flexibility index (Phi) is 9.44. The van der Waals surface area contributed by atoms with Crippen molar-refractivity contribution in [1.82, 2.24) is 15.5 Å². The lowest BCUT2D eigenvalue weighted by atomic mass is 10.4. The minimum absolute atomic E-state index is 0.231. The van der Waals surface area contributed by atoms with E-state index in [1.807, 2.05) is 14.1 Å². The van der Waals surface area contributed by atoms with Crippen LogP contribution in [-0.4, -0.2) is 64.3 Å². The zero-order valence-corrected chi connectivity index (χ0v) is 10.2. The molecule has 0 saturated carbocycles. The normalized spacial score (nSPS) is 11.8. The summed E-state index contributed by atoms with van der Waals surface area (Å²) in [5.74, 6) is -0.231. The molecule has 0 aliphatic carbocycles. The van der Waals surface area contributed by atoms with Crippen LogP contribution in [0.3, 0.4) is 0 Å². The topological polar surface area (TPSA) is 69.1 Å². The van der Waals surface area contributed by atoms with E-state index in [-0.39, 0.29) is 5.91 Å². The summed E-state index contributed by atoms with van der Waals surface area (Å²) in [4.78, 5) is 20.5. The highest BCUT2D eigenvalue weighted by Gasteiger charge is 1.89. The maximum Gasteiger partial charge on any atom is 0.262 e. The minimum atomic E-state index is -0.231. The maximum atomic E-state index is 10.7. The molecule has 2 N–H and O–H groups in total.